The zero-order valence-corrected chi connectivity index (χ0v) is 20.0. The van der Waals surface area contributed by atoms with Crippen molar-refractivity contribution in [2.24, 2.45) is 4.99 Å². The molecule has 0 aliphatic carbocycles. The third-order valence-corrected chi connectivity index (χ3v) is 8.89. The number of thioether (sulfide) groups is 1. The minimum Gasteiger partial charge on any atom is -0.484 e. The number of amides is 1. The minimum atomic E-state index is -3.16. The molecule has 2 aromatic carbocycles. The number of aliphatic imine (C=N–C) groups is 1. The number of hydrogen-bond donors (Lipinski definition) is 0. The lowest BCUT2D eigenvalue weighted by Gasteiger charge is -2.25. The van der Waals surface area contributed by atoms with Crippen molar-refractivity contribution in [1.29, 1.82) is 0 Å². The summed E-state index contributed by atoms with van der Waals surface area (Å²) in [5.41, 5.74) is 0.613. The maximum Gasteiger partial charge on any atom is 0.285 e. The largest absolute Gasteiger partial charge is 0.484 e. The Bertz CT molecular complexity index is 1130. The van der Waals surface area contributed by atoms with Crippen molar-refractivity contribution >= 4 is 77.5 Å². The molecule has 2 heterocycles. The van der Waals surface area contributed by atoms with Gasteiger partial charge in [0.1, 0.15) is 5.75 Å². The molecule has 4 rings (SSSR count). The van der Waals surface area contributed by atoms with Crippen LogP contribution < -0.4 is 9.64 Å². The number of hydrogen-bond acceptors (Lipinski definition) is 5. The highest BCUT2D eigenvalue weighted by Gasteiger charge is 2.49. The molecule has 0 radical (unpaired) electrons. The summed E-state index contributed by atoms with van der Waals surface area (Å²) in [4.78, 5) is 18.4. The van der Waals surface area contributed by atoms with Crippen LogP contribution in [0.1, 0.15) is 0 Å². The third-order valence-electron chi connectivity index (χ3n) is 4.63. The molecule has 2 fully saturated rings. The number of ether oxygens (including phenoxy) is 1. The van der Waals surface area contributed by atoms with Crippen molar-refractivity contribution in [2.45, 2.75) is 11.3 Å². The van der Waals surface area contributed by atoms with Gasteiger partial charge in [0.15, 0.2) is 21.6 Å². The molecule has 2 aliphatic rings. The fourth-order valence-electron chi connectivity index (χ4n) is 3.34. The van der Waals surface area contributed by atoms with Crippen LogP contribution in [0, 0.1) is 0 Å². The number of benzene rings is 2. The van der Waals surface area contributed by atoms with Gasteiger partial charge in [-0.1, -0.05) is 50.9 Å². The van der Waals surface area contributed by atoms with Gasteiger partial charge in [0, 0.05) is 14.7 Å². The third kappa shape index (κ3) is 4.80. The molecule has 158 valence electrons. The summed E-state index contributed by atoms with van der Waals surface area (Å²) in [7, 11) is -3.16. The standard InChI is InChI=1S/C19H15BrCl2N2O4S2/c20-11-1-6-15(14(22)7-11)24-16-9-30(26,27)10-17(16)29-19(24)23-18(25)8-28-13-4-2-12(21)3-5-13/h1-7,16-17H,8-10H2. The van der Waals surface area contributed by atoms with Gasteiger partial charge in [-0.25, -0.2) is 8.42 Å². The normalized spacial score (nSPS) is 23.6. The second-order valence-electron chi connectivity index (χ2n) is 6.80. The lowest BCUT2D eigenvalue weighted by molar-refractivity contribution is -0.119. The summed E-state index contributed by atoms with van der Waals surface area (Å²) in [6, 6.07) is 11.6. The highest BCUT2D eigenvalue weighted by Crippen LogP contribution is 2.43. The van der Waals surface area contributed by atoms with Crippen LogP contribution in [0.15, 0.2) is 51.9 Å². The van der Waals surface area contributed by atoms with Gasteiger partial charge >= 0.3 is 0 Å². The second kappa shape index (κ2) is 8.70. The lowest BCUT2D eigenvalue weighted by atomic mass is 10.2. The molecule has 2 saturated heterocycles. The zero-order valence-electron chi connectivity index (χ0n) is 15.3. The summed E-state index contributed by atoms with van der Waals surface area (Å²) in [5.74, 6) is 0.0591. The number of anilines is 1. The van der Waals surface area contributed by atoms with E-state index in [2.05, 4.69) is 20.9 Å². The smallest absolute Gasteiger partial charge is 0.285 e. The van der Waals surface area contributed by atoms with Gasteiger partial charge in [-0.3, -0.25) is 4.79 Å². The molecule has 0 bridgehead atoms. The molecule has 0 saturated carbocycles. The number of carbonyl (C=O) groups excluding carboxylic acids is 1. The highest BCUT2D eigenvalue weighted by molar-refractivity contribution is 9.10. The van der Waals surface area contributed by atoms with Gasteiger partial charge in [-0.15, -0.1) is 0 Å². The van der Waals surface area contributed by atoms with Crippen LogP contribution in [0.5, 0.6) is 5.75 Å². The Morgan fingerprint density at radius 3 is 2.63 bits per heavy atom. The Hall–Kier alpha value is -1.26. The van der Waals surface area contributed by atoms with E-state index in [1.54, 1.807) is 41.3 Å². The van der Waals surface area contributed by atoms with Crippen LogP contribution in [0.25, 0.3) is 0 Å². The minimum absolute atomic E-state index is 0.00839. The van der Waals surface area contributed by atoms with E-state index in [0.29, 0.717) is 26.6 Å². The number of amidine groups is 1. The monoisotopic (exact) mass is 548 g/mol. The first-order chi connectivity index (χ1) is 14.2. The number of carbonyl (C=O) groups is 1. The first kappa shape index (κ1) is 22.0. The Morgan fingerprint density at radius 2 is 1.93 bits per heavy atom. The first-order valence-corrected chi connectivity index (χ1v) is 13.1. The van der Waals surface area contributed by atoms with Gasteiger partial charge < -0.3 is 9.64 Å². The summed E-state index contributed by atoms with van der Waals surface area (Å²) in [6.45, 7) is -0.249. The number of sulfone groups is 1. The van der Waals surface area contributed by atoms with Crippen molar-refractivity contribution in [3.05, 3.63) is 57.0 Å². The van der Waals surface area contributed by atoms with Gasteiger partial charge in [-0.2, -0.15) is 4.99 Å². The number of nitrogens with zero attached hydrogens (tertiary/aromatic N) is 2. The fourth-order valence-corrected chi connectivity index (χ4v) is 8.15. The number of fused-ring (bicyclic) bond motifs is 1. The van der Waals surface area contributed by atoms with Crippen molar-refractivity contribution in [1.82, 2.24) is 0 Å². The van der Waals surface area contributed by atoms with Gasteiger partial charge in [-0.05, 0) is 42.5 Å². The van der Waals surface area contributed by atoms with Gasteiger partial charge in [0.2, 0.25) is 0 Å². The molecule has 0 N–H and O–H groups in total. The van der Waals surface area contributed by atoms with E-state index in [4.69, 9.17) is 27.9 Å². The number of halogens is 3. The van der Waals surface area contributed by atoms with Crippen LogP contribution in [0.3, 0.4) is 0 Å². The van der Waals surface area contributed by atoms with Crippen molar-refractivity contribution in [2.75, 3.05) is 23.0 Å². The molecule has 0 spiro atoms. The van der Waals surface area contributed by atoms with Crippen LogP contribution >= 0.6 is 50.9 Å². The molecule has 1 amide bonds. The highest BCUT2D eigenvalue weighted by atomic mass is 79.9. The zero-order chi connectivity index (χ0) is 21.5. The average Bonchev–Trinajstić information content (AvgIpc) is 3.13. The summed E-state index contributed by atoms with van der Waals surface area (Å²) in [6.07, 6.45) is 0. The summed E-state index contributed by atoms with van der Waals surface area (Å²) in [5, 5.41) is 1.22. The molecule has 11 heteroatoms. The molecule has 30 heavy (non-hydrogen) atoms. The van der Waals surface area contributed by atoms with E-state index < -0.39 is 15.7 Å². The molecular formula is C19H15BrCl2N2O4S2. The molecule has 0 aromatic heterocycles. The predicted octanol–water partition coefficient (Wildman–Crippen LogP) is 4.44. The van der Waals surface area contributed by atoms with Crippen LogP contribution in [0.2, 0.25) is 10.0 Å². The van der Waals surface area contributed by atoms with Crippen LogP contribution in [0.4, 0.5) is 5.69 Å². The second-order valence-corrected chi connectivity index (χ2v) is 11.9. The predicted molar refractivity (Wildman–Crippen MR) is 125 cm³/mol. The van der Waals surface area contributed by atoms with E-state index in [1.165, 1.54) is 11.8 Å². The Balaban J connectivity index is 1.58. The van der Waals surface area contributed by atoms with E-state index in [9.17, 15) is 13.2 Å². The maximum absolute atomic E-state index is 12.5. The average molecular weight is 550 g/mol. The van der Waals surface area contributed by atoms with Crippen LogP contribution in [-0.2, 0) is 14.6 Å². The van der Waals surface area contributed by atoms with Crippen LogP contribution in [-0.4, -0.2) is 48.9 Å². The first-order valence-electron chi connectivity index (χ1n) is 8.83. The summed E-state index contributed by atoms with van der Waals surface area (Å²) >= 11 is 16.9. The quantitative estimate of drug-likeness (QED) is 0.561. The lowest BCUT2D eigenvalue weighted by Crippen LogP contribution is -2.38. The molecule has 2 unspecified atom stereocenters. The topological polar surface area (TPSA) is 76.0 Å². The fraction of sp³-hybridized carbons (Fsp3) is 0.263. The van der Waals surface area contributed by atoms with E-state index >= 15 is 0 Å². The van der Waals surface area contributed by atoms with E-state index in [1.807, 2.05) is 6.07 Å². The Morgan fingerprint density at radius 1 is 1.20 bits per heavy atom. The SMILES string of the molecule is O=C(COc1ccc(Cl)cc1)N=C1SC2CS(=O)(=O)CC2N1c1ccc(Br)cc1Cl. The summed E-state index contributed by atoms with van der Waals surface area (Å²) < 4.78 is 30.6. The van der Waals surface area contributed by atoms with Gasteiger partial charge in [0.25, 0.3) is 5.91 Å². The van der Waals surface area contributed by atoms with Crippen molar-refractivity contribution in [3.8, 4) is 5.75 Å². The van der Waals surface area contributed by atoms with Gasteiger partial charge in [0.05, 0.1) is 28.3 Å². The molecular weight excluding hydrogens is 535 g/mol. The van der Waals surface area contributed by atoms with Crippen molar-refractivity contribution < 1.29 is 17.9 Å². The maximum atomic E-state index is 12.5. The molecule has 2 aromatic rings. The van der Waals surface area contributed by atoms with E-state index in [0.717, 1.165) is 4.47 Å². The Labute approximate surface area is 196 Å². The number of rotatable bonds is 4. The molecule has 2 atom stereocenters. The molecule has 2 aliphatic heterocycles. The van der Waals surface area contributed by atoms with Crippen molar-refractivity contribution in [3.63, 3.8) is 0 Å². The Kier molecular flexibility index (Phi) is 6.37. The van der Waals surface area contributed by atoms with E-state index in [-0.39, 0.29) is 29.4 Å². The molecule has 6 nitrogen and oxygen atoms in total.